The van der Waals surface area contributed by atoms with Crippen LogP contribution in [0.15, 0.2) is 34.1 Å². The number of carboxylic acids is 1. The Morgan fingerprint density at radius 1 is 1.23 bits per heavy atom. The molecule has 1 aliphatic carbocycles. The summed E-state index contributed by atoms with van der Waals surface area (Å²) in [5, 5.41) is 13.5. The van der Waals surface area contributed by atoms with E-state index in [2.05, 4.69) is 15.3 Å². The van der Waals surface area contributed by atoms with E-state index in [-0.39, 0.29) is 45.9 Å². The number of aromatic carboxylic acids is 1. The summed E-state index contributed by atoms with van der Waals surface area (Å²) in [6, 6.07) is 4.63. The number of H-pyrrole nitrogens is 2. The van der Waals surface area contributed by atoms with Gasteiger partial charge in [0.2, 0.25) is 10.0 Å². The number of aromatic nitrogens is 2. The third kappa shape index (κ3) is 3.73. The number of hydrogen-bond donors (Lipinski definition) is 4. The molecule has 4 N–H and O–H groups in total. The van der Waals surface area contributed by atoms with Crippen LogP contribution in [-0.2, 0) is 10.0 Å². The highest BCUT2D eigenvalue weighted by atomic mass is 35.5. The highest BCUT2D eigenvalue weighted by Gasteiger charge is 2.39. The second kappa shape index (κ2) is 7.94. The van der Waals surface area contributed by atoms with Crippen molar-refractivity contribution in [1.82, 2.24) is 19.6 Å². The summed E-state index contributed by atoms with van der Waals surface area (Å²) < 4.78 is 28.6. The standard InChI is InChI=1S/C20H22N4O5S.ClH/c25-19-18-17(15(9-22-18)20(26)27)14-8-13(5-6-16(14)23-19)30(28,29)24(12-3-4-12)10-11-2-1-7-21-11;/h5-6,8-9,11-12,21-22H,1-4,7,10H2,(H,23,25)(H,26,27);1H/t11-;/m0./s1. The van der Waals surface area contributed by atoms with Gasteiger partial charge in [0.25, 0.3) is 5.56 Å². The van der Waals surface area contributed by atoms with E-state index in [9.17, 15) is 23.1 Å². The average Bonchev–Trinajstić information content (AvgIpc) is 3.22. The average molecular weight is 467 g/mol. The van der Waals surface area contributed by atoms with Crippen LogP contribution >= 0.6 is 12.4 Å². The Kier molecular flexibility index (Phi) is 5.59. The van der Waals surface area contributed by atoms with Crippen LogP contribution in [0.3, 0.4) is 0 Å². The van der Waals surface area contributed by atoms with Crippen molar-refractivity contribution in [2.24, 2.45) is 0 Å². The van der Waals surface area contributed by atoms with Gasteiger partial charge in [0, 0.05) is 41.1 Å². The number of carbonyl (C=O) groups is 1. The van der Waals surface area contributed by atoms with E-state index in [1.54, 1.807) is 4.31 Å². The molecule has 9 nitrogen and oxygen atoms in total. The van der Waals surface area contributed by atoms with Crippen LogP contribution in [0.25, 0.3) is 21.8 Å². The molecule has 2 aromatic heterocycles. The highest BCUT2D eigenvalue weighted by molar-refractivity contribution is 7.89. The summed E-state index contributed by atoms with van der Waals surface area (Å²) >= 11 is 0. The zero-order valence-corrected chi connectivity index (χ0v) is 18.2. The smallest absolute Gasteiger partial charge is 0.337 e. The Hall–Kier alpha value is -2.40. The Labute approximate surface area is 184 Å². The lowest BCUT2D eigenvalue weighted by molar-refractivity contribution is 0.0699. The molecule has 11 heteroatoms. The van der Waals surface area contributed by atoms with E-state index in [4.69, 9.17) is 0 Å². The number of sulfonamides is 1. The minimum absolute atomic E-state index is 0. The van der Waals surface area contributed by atoms with Gasteiger partial charge in [-0.15, -0.1) is 12.4 Å². The van der Waals surface area contributed by atoms with Crippen molar-refractivity contribution in [2.75, 3.05) is 13.1 Å². The molecule has 166 valence electrons. The first-order chi connectivity index (χ1) is 14.4. The number of nitrogens with one attached hydrogen (secondary N) is 3. The second-order valence-corrected chi connectivity index (χ2v) is 9.91. The molecular weight excluding hydrogens is 444 g/mol. The SMILES string of the molecule is Cl.O=C(O)c1c[nH]c2c(=O)[nH]c3ccc(S(=O)(=O)N(C[C@@H]4CCCN4)C4CC4)cc3c12. The van der Waals surface area contributed by atoms with E-state index >= 15 is 0 Å². The van der Waals surface area contributed by atoms with Crippen LogP contribution in [0.4, 0.5) is 0 Å². The van der Waals surface area contributed by atoms with Gasteiger partial charge in [0.15, 0.2) is 0 Å². The first kappa shape index (κ1) is 21.8. The molecule has 3 aromatic rings. The molecular formula is C20H23ClN4O5S. The molecule has 0 bridgehead atoms. The molecule has 5 rings (SSSR count). The maximum Gasteiger partial charge on any atom is 0.337 e. The Morgan fingerprint density at radius 2 is 2.00 bits per heavy atom. The Bertz CT molecular complexity index is 1320. The number of rotatable bonds is 6. The number of nitrogens with zero attached hydrogens (tertiary/aromatic N) is 1. The van der Waals surface area contributed by atoms with E-state index in [0.717, 1.165) is 32.2 Å². The molecule has 31 heavy (non-hydrogen) atoms. The summed E-state index contributed by atoms with van der Waals surface area (Å²) in [4.78, 5) is 29.4. The number of benzene rings is 1. The summed E-state index contributed by atoms with van der Waals surface area (Å²) in [5.41, 5.74) is -0.00925. The van der Waals surface area contributed by atoms with Gasteiger partial charge in [0.05, 0.1) is 10.5 Å². The quantitative estimate of drug-likeness (QED) is 0.439. The normalized spacial score (nSPS) is 19.2. The van der Waals surface area contributed by atoms with Crippen LogP contribution in [-0.4, -0.2) is 58.9 Å². The number of halogens is 1. The molecule has 0 amide bonds. The van der Waals surface area contributed by atoms with E-state index in [1.807, 2.05) is 0 Å². The first-order valence-electron chi connectivity index (χ1n) is 10.0. The molecule has 1 aromatic carbocycles. The predicted molar refractivity (Wildman–Crippen MR) is 119 cm³/mol. The van der Waals surface area contributed by atoms with Gasteiger partial charge in [-0.05, 0) is 50.4 Å². The molecule has 2 aliphatic rings. The maximum atomic E-state index is 13.5. The predicted octanol–water partition coefficient (Wildman–Crippen LogP) is 2.03. The summed E-state index contributed by atoms with van der Waals surface area (Å²) in [5.74, 6) is -1.19. The van der Waals surface area contributed by atoms with Crippen LogP contribution in [0.2, 0.25) is 0 Å². The highest BCUT2D eigenvalue weighted by Crippen LogP contribution is 2.34. The van der Waals surface area contributed by atoms with Crippen LogP contribution in [0, 0.1) is 0 Å². The lowest BCUT2D eigenvalue weighted by Gasteiger charge is -2.25. The lowest BCUT2D eigenvalue weighted by atomic mass is 10.1. The van der Waals surface area contributed by atoms with Gasteiger partial charge in [-0.25, -0.2) is 13.2 Å². The second-order valence-electron chi connectivity index (χ2n) is 8.02. The molecule has 3 heterocycles. The largest absolute Gasteiger partial charge is 0.478 e. The van der Waals surface area contributed by atoms with E-state index in [0.29, 0.717) is 17.4 Å². The minimum Gasteiger partial charge on any atom is -0.478 e. The fourth-order valence-electron chi connectivity index (χ4n) is 4.31. The van der Waals surface area contributed by atoms with Gasteiger partial charge >= 0.3 is 5.97 Å². The molecule has 0 spiro atoms. The van der Waals surface area contributed by atoms with Gasteiger partial charge in [-0.2, -0.15) is 4.31 Å². The van der Waals surface area contributed by atoms with E-state index < -0.39 is 21.6 Å². The topological polar surface area (TPSA) is 135 Å². The lowest BCUT2D eigenvalue weighted by Crippen LogP contribution is -2.42. The van der Waals surface area contributed by atoms with Crippen LogP contribution in [0.5, 0.6) is 0 Å². The number of fused-ring (bicyclic) bond motifs is 3. The van der Waals surface area contributed by atoms with Gasteiger partial charge in [0.1, 0.15) is 5.52 Å². The fourth-order valence-corrected chi connectivity index (χ4v) is 6.06. The third-order valence-electron chi connectivity index (χ3n) is 5.97. The molecule has 0 radical (unpaired) electrons. The third-order valence-corrected chi connectivity index (χ3v) is 7.88. The van der Waals surface area contributed by atoms with Crippen molar-refractivity contribution >= 4 is 50.2 Å². The Morgan fingerprint density at radius 3 is 2.65 bits per heavy atom. The summed E-state index contributed by atoms with van der Waals surface area (Å²) in [7, 11) is -3.77. The van der Waals surface area contributed by atoms with Gasteiger partial charge in [-0.1, -0.05) is 0 Å². The number of pyridine rings is 1. The molecule has 1 saturated heterocycles. The van der Waals surface area contributed by atoms with Crippen molar-refractivity contribution in [3.8, 4) is 0 Å². The monoisotopic (exact) mass is 466 g/mol. The van der Waals surface area contributed by atoms with Crippen molar-refractivity contribution < 1.29 is 18.3 Å². The van der Waals surface area contributed by atoms with Gasteiger partial charge < -0.3 is 20.4 Å². The van der Waals surface area contributed by atoms with Crippen LogP contribution in [0.1, 0.15) is 36.0 Å². The number of carboxylic acid groups (broad SMARTS) is 1. The fraction of sp³-hybridized carbons (Fsp3) is 0.400. The van der Waals surface area contributed by atoms with Gasteiger partial charge in [-0.3, -0.25) is 4.79 Å². The summed E-state index contributed by atoms with van der Waals surface area (Å²) in [6.45, 7) is 1.33. The summed E-state index contributed by atoms with van der Waals surface area (Å²) in [6.07, 6.45) is 4.93. The number of aromatic amines is 2. The van der Waals surface area contributed by atoms with Crippen molar-refractivity contribution in [3.63, 3.8) is 0 Å². The van der Waals surface area contributed by atoms with Crippen molar-refractivity contribution in [3.05, 3.63) is 40.3 Å². The zero-order valence-electron chi connectivity index (χ0n) is 16.6. The van der Waals surface area contributed by atoms with Crippen molar-refractivity contribution in [1.29, 1.82) is 0 Å². The van der Waals surface area contributed by atoms with Crippen LogP contribution < -0.4 is 10.9 Å². The first-order valence-corrected chi connectivity index (χ1v) is 11.5. The molecule has 1 saturated carbocycles. The maximum absolute atomic E-state index is 13.5. The molecule has 1 aliphatic heterocycles. The molecule has 0 unspecified atom stereocenters. The Balaban J connectivity index is 0.00000231. The molecule has 2 fully saturated rings. The molecule has 1 atom stereocenters. The number of hydrogen-bond acceptors (Lipinski definition) is 5. The van der Waals surface area contributed by atoms with Crippen molar-refractivity contribution in [2.45, 2.75) is 42.7 Å². The van der Waals surface area contributed by atoms with E-state index in [1.165, 1.54) is 24.4 Å². The minimum atomic E-state index is -3.77. The zero-order chi connectivity index (χ0) is 21.0.